The van der Waals surface area contributed by atoms with E-state index in [1.54, 1.807) is 0 Å². The smallest absolute Gasteiger partial charge is 0.0687 e. The minimum absolute atomic E-state index is 1.05. The summed E-state index contributed by atoms with van der Waals surface area (Å²) >= 11 is 0. The summed E-state index contributed by atoms with van der Waals surface area (Å²) in [5.41, 5.74) is 7.09. The standard InChI is InChI=1S/C19H22N2/c1-14-8-5-9-15(2)18(14)20-12-7-13-21-19-16(3)10-6-11-17(19)4/h5-13,20H,1-4H3/b12-7-,21-13?. The average molecular weight is 278 g/mol. The number of hydrogen-bond donors (Lipinski definition) is 1. The Morgan fingerprint density at radius 3 is 1.90 bits per heavy atom. The van der Waals surface area contributed by atoms with Gasteiger partial charge in [-0.2, -0.15) is 0 Å². The van der Waals surface area contributed by atoms with Crippen molar-refractivity contribution in [3.63, 3.8) is 0 Å². The van der Waals surface area contributed by atoms with Crippen LogP contribution in [0.1, 0.15) is 22.3 Å². The first kappa shape index (κ1) is 15.0. The normalized spacial score (nSPS) is 11.4. The molecule has 0 atom stereocenters. The van der Waals surface area contributed by atoms with Crippen LogP contribution in [-0.2, 0) is 0 Å². The van der Waals surface area contributed by atoms with E-state index in [1.807, 2.05) is 18.5 Å². The number of rotatable bonds is 4. The van der Waals surface area contributed by atoms with Crippen molar-refractivity contribution in [3.05, 3.63) is 70.9 Å². The van der Waals surface area contributed by atoms with Crippen molar-refractivity contribution in [1.29, 1.82) is 0 Å². The van der Waals surface area contributed by atoms with Gasteiger partial charge in [-0.05, 0) is 56.0 Å². The SMILES string of the molecule is Cc1cccc(C)c1N=C/C=C\Nc1c(C)cccc1C. The zero-order valence-electron chi connectivity index (χ0n) is 13.1. The number of para-hydroxylation sites is 2. The maximum atomic E-state index is 4.53. The van der Waals surface area contributed by atoms with E-state index in [0.29, 0.717) is 0 Å². The van der Waals surface area contributed by atoms with Gasteiger partial charge in [0.05, 0.1) is 5.69 Å². The summed E-state index contributed by atoms with van der Waals surface area (Å²) in [5, 5.41) is 3.32. The fraction of sp³-hybridized carbons (Fsp3) is 0.211. The molecular formula is C19H22N2. The molecule has 2 aromatic carbocycles. The summed E-state index contributed by atoms with van der Waals surface area (Å²) in [4.78, 5) is 4.53. The Labute approximate surface area is 127 Å². The number of nitrogens with zero attached hydrogens (tertiary/aromatic N) is 1. The molecule has 0 aromatic heterocycles. The minimum Gasteiger partial charge on any atom is -0.361 e. The Morgan fingerprint density at radius 1 is 0.810 bits per heavy atom. The predicted molar refractivity (Wildman–Crippen MR) is 92.7 cm³/mol. The lowest BCUT2D eigenvalue weighted by atomic mass is 10.1. The van der Waals surface area contributed by atoms with Crippen molar-refractivity contribution in [1.82, 2.24) is 0 Å². The van der Waals surface area contributed by atoms with Gasteiger partial charge in [0.25, 0.3) is 0 Å². The molecule has 2 rings (SSSR count). The van der Waals surface area contributed by atoms with Gasteiger partial charge in [-0.25, -0.2) is 0 Å². The van der Waals surface area contributed by atoms with Gasteiger partial charge in [0.2, 0.25) is 0 Å². The van der Waals surface area contributed by atoms with E-state index in [0.717, 1.165) is 11.4 Å². The quantitative estimate of drug-likeness (QED) is 0.759. The van der Waals surface area contributed by atoms with Crippen molar-refractivity contribution in [2.24, 2.45) is 4.99 Å². The molecule has 21 heavy (non-hydrogen) atoms. The third-order valence-electron chi connectivity index (χ3n) is 3.53. The second-order valence-electron chi connectivity index (χ2n) is 5.29. The lowest BCUT2D eigenvalue weighted by Crippen LogP contribution is -1.93. The van der Waals surface area contributed by atoms with Gasteiger partial charge >= 0.3 is 0 Å². The summed E-state index contributed by atoms with van der Waals surface area (Å²) in [6.45, 7) is 8.37. The van der Waals surface area contributed by atoms with E-state index in [1.165, 1.54) is 22.3 Å². The highest BCUT2D eigenvalue weighted by atomic mass is 14.8. The van der Waals surface area contributed by atoms with Gasteiger partial charge in [0.1, 0.15) is 0 Å². The topological polar surface area (TPSA) is 24.4 Å². The Hall–Kier alpha value is -2.35. The molecule has 2 heteroatoms. The molecule has 0 fully saturated rings. The largest absolute Gasteiger partial charge is 0.361 e. The van der Waals surface area contributed by atoms with Crippen molar-refractivity contribution >= 4 is 17.6 Å². The lowest BCUT2D eigenvalue weighted by Gasteiger charge is -2.08. The molecule has 0 aliphatic heterocycles. The first-order valence-corrected chi connectivity index (χ1v) is 7.18. The highest BCUT2D eigenvalue weighted by Crippen LogP contribution is 2.22. The zero-order valence-corrected chi connectivity index (χ0v) is 13.1. The van der Waals surface area contributed by atoms with Crippen LogP contribution in [0.3, 0.4) is 0 Å². The number of benzene rings is 2. The molecule has 108 valence electrons. The van der Waals surface area contributed by atoms with E-state index in [2.05, 4.69) is 74.4 Å². The fourth-order valence-corrected chi connectivity index (χ4v) is 2.34. The van der Waals surface area contributed by atoms with Gasteiger partial charge in [-0.1, -0.05) is 36.4 Å². The van der Waals surface area contributed by atoms with E-state index in [-0.39, 0.29) is 0 Å². The van der Waals surface area contributed by atoms with Gasteiger partial charge in [0, 0.05) is 18.1 Å². The first-order chi connectivity index (χ1) is 10.1. The molecule has 0 unspecified atom stereocenters. The van der Waals surface area contributed by atoms with Crippen LogP contribution in [0, 0.1) is 27.7 Å². The Balaban J connectivity index is 2.05. The summed E-state index contributed by atoms with van der Waals surface area (Å²) in [5.74, 6) is 0. The van der Waals surface area contributed by atoms with E-state index in [4.69, 9.17) is 0 Å². The number of anilines is 1. The van der Waals surface area contributed by atoms with Crippen LogP contribution in [0.5, 0.6) is 0 Å². The number of aryl methyl sites for hydroxylation is 4. The summed E-state index contributed by atoms with van der Waals surface area (Å²) in [6.07, 6.45) is 5.68. The lowest BCUT2D eigenvalue weighted by molar-refractivity contribution is 1.33. The van der Waals surface area contributed by atoms with Gasteiger partial charge in [0.15, 0.2) is 0 Å². The van der Waals surface area contributed by atoms with E-state index in [9.17, 15) is 0 Å². The molecule has 0 heterocycles. The second-order valence-corrected chi connectivity index (χ2v) is 5.29. The highest BCUT2D eigenvalue weighted by molar-refractivity contribution is 5.76. The molecular weight excluding hydrogens is 256 g/mol. The summed E-state index contributed by atoms with van der Waals surface area (Å²) in [6, 6.07) is 12.5. The number of hydrogen-bond acceptors (Lipinski definition) is 2. The molecule has 2 aromatic rings. The average Bonchev–Trinajstić information content (AvgIpc) is 2.44. The minimum atomic E-state index is 1.05. The van der Waals surface area contributed by atoms with Gasteiger partial charge in [-0.15, -0.1) is 0 Å². The predicted octanol–water partition coefficient (Wildman–Crippen LogP) is 5.25. The van der Waals surface area contributed by atoms with Gasteiger partial charge in [-0.3, -0.25) is 4.99 Å². The summed E-state index contributed by atoms with van der Waals surface area (Å²) in [7, 11) is 0. The Bertz CT molecular complexity index is 641. The molecule has 0 aliphatic rings. The third-order valence-corrected chi connectivity index (χ3v) is 3.53. The third kappa shape index (κ3) is 3.82. The summed E-state index contributed by atoms with van der Waals surface area (Å²) < 4.78 is 0. The molecule has 1 N–H and O–H groups in total. The monoisotopic (exact) mass is 278 g/mol. The molecule has 0 aliphatic carbocycles. The number of nitrogens with one attached hydrogen (secondary N) is 1. The van der Waals surface area contributed by atoms with Crippen molar-refractivity contribution in [2.75, 3.05) is 5.32 Å². The highest BCUT2D eigenvalue weighted by Gasteiger charge is 1.99. The molecule has 0 saturated heterocycles. The number of allylic oxidation sites excluding steroid dienone is 1. The maximum absolute atomic E-state index is 4.53. The van der Waals surface area contributed by atoms with Crippen LogP contribution < -0.4 is 5.32 Å². The van der Waals surface area contributed by atoms with Crippen LogP contribution in [0.15, 0.2) is 53.7 Å². The molecule has 0 amide bonds. The van der Waals surface area contributed by atoms with Crippen molar-refractivity contribution in [3.8, 4) is 0 Å². The zero-order chi connectivity index (χ0) is 15.2. The van der Waals surface area contributed by atoms with Crippen LogP contribution in [0.25, 0.3) is 0 Å². The maximum Gasteiger partial charge on any atom is 0.0687 e. The number of aliphatic imine (C=N–C) groups is 1. The van der Waals surface area contributed by atoms with Crippen LogP contribution >= 0.6 is 0 Å². The van der Waals surface area contributed by atoms with Crippen LogP contribution in [0.2, 0.25) is 0 Å². The van der Waals surface area contributed by atoms with Crippen molar-refractivity contribution in [2.45, 2.75) is 27.7 Å². The van der Waals surface area contributed by atoms with Gasteiger partial charge < -0.3 is 5.32 Å². The molecule has 2 nitrogen and oxygen atoms in total. The fourth-order valence-electron chi connectivity index (χ4n) is 2.34. The molecule has 0 bridgehead atoms. The van der Waals surface area contributed by atoms with E-state index < -0.39 is 0 Å². The Kier molecular flexibility index (Phi) is 4.94. The molecule has 0 spiro atoms. The van der Waals surface area contributed by atoms with Crippen LogP contribution in [-0.4, -0.2) is 6.21 Å². The molecule has 0 saturated carbocycles. The first-order valence-electron chi connectivity index (χ1n) is 7.18. The molecule has 0 radical (unpaired) electrons. The second kappa shape index (κ2) is 6.89. The van der Waals surface area contributed by atoms with Crippen molar-refractivity contribution < 1.29 is 0 Å². The van der Waals surface area contributed by atoms with Crippen LogP contribution in [0.4, 0.5) is 11.4 Å². The van der Waals surface area contributed by atoms with E-state index >= 15 is 0 Å². The Morgan fingerprint density at radius 2 is 1.33 bits per heavy atom.